The number of fused-ring (bicyclic) bond motifs is 1. The van der Waals surface area contributed by atoms with Crippen molar-refractivity contribution in [2.75, 3.05) is 12.5 Å². The van der Waals surface area contributed by atoms with Gasteiger partial charge in [-0.25, -0.2) is 0 Å². The lowest BCUT2D eigenvalue weighted by Gasteiger charge is -2.09. The maximum Gasteiger partial charge on any atom is 0.231 e. The summed E-state index contributed by atoms with van der Waals surface area (Å²) in [4.78, 5) is 0. The van der Waals surface area contributed by atoms with Crippen molar-refractivity contribution in [3.05, 3.63) is 42.0 Å². The van der Waals surface area contributed by atoms with Gasteiger partial charge in [0.1, 0.15) is 11.5 Å². The first-order valence-electron chi connectivity index (χ1n) is 5.63. The summed E-state index contributed by atoms with van der Waals surface area (Å²) in [7, 11) is 0. The van der Waals surface area contributed by atoms with Crippen LogP contribution in [0.15, 0.2) is 36.4 Å². The molecule has 2 N–H and O–H groups in total. The van der Waals surface area contributed by atoms with Crippen molar-refractivity contribution in [1.82, 2.24) is 0 Å². The van der Waals surface area contributed by atoms with Gasteiger partial charge in [-0.05, 0) is 30.3 Å². The van der Waals surface area contributed by atoms with Crippen LogP contribution in [-0.4, -0.2) is 6.79 Å². The van der Waals surface area contributed by atoms with E-state index in [0.717, 1.165) is 0 Å². The van der Waals surface area contributed by atoms with E-state index in [1.54, 1.807) is 36.4 Å². The van der Waals surface area contributed by atoms with Gasteiger partial charge in [0.15, 0.2) is 11.5 Å². The molecule has 0 saturated carbocycles. The molecule has 1 aliphatic rings. The highest BCUT2D eigenvalue weighted by Crippen LogP contribution is 2.37. The molecule has 5 heteroatoms. The first-order valence-corrected chi connectivity index (χ1v) is 5.63. The second kappa shape index (κ2) is 4.42. The minimum atomic E-state index is 0.220. The number of benzene rings is 2. The summed E-state index contributed by atoms with van der Waals surface area (Å²) >= 11 is 0. The van der Waals surface area contributed by atoms with Gasteiger partial charge in [-0.3, -0.25) is 0 Å². The molecule has 1 heterocycles. The monoisotopic (exact) mass is 254 g/mol. The molecule has 2 aromatic rings. The van der Waals surface area contributed by atoms with Crippen LogP contribution in [0, 0.1) is 11.3 Å². The molecule has 0 atom stereocenters. The van der Waals surface area contributed by atoms with Crippen molar-refractivity contribution in [1.29, 1.82) is 5.26 Å². The third-order valence-electron chi connectivity index (χ3n) is 2.71. The van der Waals surface area contributed by atoms with E-state index in [0.29, 0.717) is 34.2 Å². The molecule has 5 nitrogen and oxygen atoms in total. The largest absolute Gasteiger partial charge is 0.455 e. The molecule has 0 spiro atoms. The summed E-state index contributed by atoms with van der Waals surface area (Å²) in [6.45, 7) is 0.220. The van der Waals surface area contributed by atoms with Gasteiger partial charge < -0.3 is 19.9 Å². The topological polar surface area (TPSA) is 77.5 Å². The Balaban J connectivity index is 1.87. The molecular weight excluding hydrogens is 244 g/mol. The second-order valence-electron chi connectivity index (χ2n) is 3.98. The summed E-state index contributed by atoms with van der Waals surface area (Å²) in [5.41, 5.74) is 6.74. The highest BCUT2D eigenvalue weighted by Gasteiger charge is 2.14. The summed E-state index contributed by atoms with van der Waals surface area (Å²) in [5.74, 6) is 2.43. The molecule has 0 saturated heterocycles. The smallest absolute Gasteiger partial charge is 0.231 e. The van der Waals surface area contributed by atoms with Crippen molar-refractivity contribution >= 4 is 5.69 Å². The minimum absolute atomic E-state index is 0.220. The summed E-state index contributed by atoms with van der Waals surface area (Å²) in [5, 5.41) is 8.77. The fourth-order valence-electron chi connectivity index (χ4n) is 1.78. The van der Waals surface area contributed by atoms with Crippen LogP contribution in [0.25, 0.3) is 0 Å². The van der Waals surface area contributed by atoms with Gasteiger partial charge in [0, 0.05) is 6.07 Å². The second-order valence-corrected chi connectivity index (χ2v) is 3.98. The number of hydrogen-bond acceptors (Lipinski definition) is 5. The van der Waals surface area contributed by atoms with E-state index < -0.39 is 0 Å². The number of ether oxygens (including phenoxy) is 3. The number of nitrogens with zero attached hydrogens (tertiary/aromatic N) is 1. The zero-order valence-electron chi connectivity index (χ0n) is 9.92. The van der Waals surface area contributed by atoms with E-state index in [2.05, 4.69) is 0 Å². The Morgan fingerprint density at radius 3 is 2.74 bits per heavy atom. The lowest BCUT2D eigenvalue weighted by molar-refractivity contribution is 0.174. The molecule has 0 fully saturated rings. The summed E-state index contributed by atoms with van der Waals surface area (Å²) in [6, 6.07) is 12.2. The van der Waals surface area contributed by atoms with Gasteiger partial charge >= 0.3 is 0 Å². The molecule has 0 aliphatic carbocycles. The number of hydrogen-bond donors (Lipinski definition) is 1. The Bertz CT molecular complexity index is 677. The van der Waals surface area contributed by atoms with Crippen LogP contribution in [0.1, 0.15) is 5.56 Å². The number of nitrogen functional groups attached to an aromatic ring is 1. The predicted octanol–water partition coefficient (Wildman–Crippen LogP) is 2.66. The minimum Gasteiger partial charge on any atom is -0.455 e. The Morgan fingerprint density at radius 1 is 1.11 bits per heavy atom. The van der Waals surface area contributed by atoms with Crippen LogP contribution in [0.2, 0.25) is 0 Å². The Kier molecular flexibility index (Phi) is 2.62. The van der Waals surface area contributed by atoms with E-state index in [-0.39, 0.29) is 6.79 Å². The molecule has 0 aromatic heterocycles. The molecule has 19 heavy (non-hydrogen) atoms. The average molecular weight is 254 g/mol. The molecule has 0 unspecified atom stereocenters. The lowest BCUT2D eigenvalue weighted by atomic mass is 10.2. The summed E-state index contributed by atoms with van der Waals surface area (Å²) in [6.07, 6.45) is 0. The van der Waals surface area contributed by atoms with Gasteiger partial charge in [-0.15, -0.1) is 0 Å². The van der Waals surface area contributed by atoms with Gasteiger partial charge in [0.25, 0.3) is 0 Å². The quantitative estimate of drug-likeness (QED) is 0.833. The normalized spacial score (nSPS) is 11.9. The molecule has 2 aromatic carbocycles. The van der Waals surface area contributed by atoms with Crippen LogP contribution in [-0.2, 0) is 0 Å². The van der Waals surface area contributed by atoms with E-state index in [4.69, 9.17) is 25.2 Å². The van der Waals surface area contributed by atoms with E-state index in [1.807, 2.05) is 6.07 Å². The molecule has 0 radical (unpaired) electrons. The molecule has 94 valence electrons. The zero-order chi connectivity index (χ0) is 13.2. The van der Waals surface area contributed by atoms with Crippen molar-refractivity contribution in [3.8, 4) is 29.1 Å². The van der Waals surface area contributed by atoms with Crippen molar-refractivity contribution in [3.63, 3.8) is 0 Å². The number of rotatable bonds is 2. The molecular formula is C14H10N2O3. The van der Waals surface area contributed by atoms with Crippen molar-refractivity contribution in [2.45, 2.75) is 0 Å². The molecule has 0 bridgehead atoms. The molecule has 0 amide bonds. The van der Waals surface area contributed by atoms with Crippen LogP contribution >= 0.6 is 0 Å². The number of anilines is 1. The van der Waals surface area contributed by atoms with Crippen LogP contribution in [0.3, 0.4) is 0 Å². The third-order valence-corrected chi connectivity index (χ3v) is 2.71. The average Bonchev–Trinajstić information content (AvgIpc) is 2.88. The Morgan fingerprint density at radius 2 is 1.95 bits per heavy atom. The Hall–Kier alpha value is -2.87. The Labute approximate surface area is 109 Å². The molecule has 1 aliphatic heterocycles. The van der Waals surface area contributed by atoms with E-state index in [1.165, 1.54) is 0 Å². The third kappa shape index (κ3) is 2.11. The fourth-order valence-corrected chi connectivity index (χ4v) is 1.78. The maximum atomic E-state index is 8.77. The zero-order valence-corrected chi connectivity index (χ0v) is 9.92. The lowest BCUT2D eigenvalue weighted by Crippen LogP contribution is -1.93. The van der Waals surface area contributed by atoms with E-state index in [9.17, 15) is 0 Å². The van der Waals surface area contributed by atoms with Gasteiger partial charge in [-0.1, -0.05) is 0 Å². The first-order chi connectivity index (χ1) is 9.26. The maximum absolute atomic E-state index is 8.77. The van der Waals surface area contributed by atoms with Crippen molar-refractivity contribution < 1.29 is 14.2 Å². The highest BCUT2D eigenvalue weighted by molar-refractivity contribution is 5.58. The summed E-state index contributed by atoms with van der Waals surface area (Å²) < 4.78 is 16.2. The van der Waals surface area contributed by atoms with Crippen LogP contribution < -0.4 is 19.9 Å². The standard InChI is InChI=1S/C14H10N2O3/c15-7-9-1-3-12(11(16)5-9)19-10-2-4-13-14(6-10)18-8-17-13/h1-6H,8,16H2. The number of nitriles is 1. The van der Waals surface area contributed by atoms with Gasteiger partial charge in [-0.2, -0.15) is 5.26 Å². The highest BCUT2D eigenvalue weighted by atomic mass is 16.7. The number of nitrogens with two attached hydrogens (primary N) is 1. The van der Waals surface area contributed by atoms with Gasteiger partial charge in [0.2, 0.25) is 6.79 Å². The fraction of sp³-hybridized carbons (Fsp3) is 0.0714. The van der Waals surface area contributed by atoms with Crippen molar-refractivity contribution in [2.24, 2.45) is 0 Å². The molecule has 3 rings (SSSR count). The van der Waals surface area contributed by atoms with E-state index >= 15 is 0 Å². The SMILES string of the molecule is N#Cc1ccc(Oc2ccc3c(c2)OCO3)c(N)c1. The first kappa shape index (κ1) is 11.2. The predicted molar refractivity (Wildman–Crippen MR) is 68.2 cm³/mol. The van der Waals surface area contributed by atoms with Crippen LogP contribution in [0.5, 0.6) is 23.0 Å². The van der Waals surface area contributed by atoms with Gasteiger partial charge in [0.05, 0.1) is 17.3 Å². The van der Waals surface area contributed by atoms with Crippen LogP contribution in [0.4, 0.5) is 5.69 Å².